The van der Waals surface area contributed by atoms with E-state index in [4.69, 9.17) is 14.2 Å². The van der Waals surface area contributed by atoms with Gasteiger partial charge in [-0.1, -0.05) is 0 Å². The lowest BCUT2D eigenvalue weighted by Crippen LogP contribution is -2.68. The summed E-state index contributed by atoms with van der Waals surface area (Å²) in [4.78, 5) is 15.3. The smallest absolute Gasteiger partial charge is 0.180 e. The third-order valence-corrected chi connectivity index (χ3v) is 6.53. The Morgan fingerprint density at radius 2 is 2.12 bits per heavy atom. The number of Topliss-reactive ketones (excluding diaryl/α,β-unsaturated/α-hetero) is 1. The van der Waals surface area contributed by atoms with Crippen molar-refractivity contribution >= 4 is 5.78 Å². The van der Waals surface area contributed by atoms with Crippen molar-refractivity contribution in [1.29, 1.82) is 0 Å². The van der Waals surface area contributed by atoms with E-state index in [-0.39, 0.29) is 23.8 Å². The van der Waals surface area contributed by atoms with E-state index in [9.17, 15) is 9.90 Å². The van der Waals surface area contributed by atoms with Gasteiger partial charge in [0.15, 0.2) is 23.4 Å². The van der Waals surface area contributed by atoms with Gasteiger partial charge >= 0.3 is 0 Å². The van der Waals surface area contributed by atoms with Crippen molar-refractivity contribution in [2.75, 3.05) is 27.8 Å². The zero-order chi connectivity index (χ0) is 17.5. The molecule has 5 rings (SSSR count). The van der Waals surface area contributed by atoms with Crippen LogP contribution in [0.25, 0.3) is 0 Å². The number of benzene rings is 1. The van der Waals surface area contributed by atoms with Gasteiger partial charge in [0, 0.05) is 17.0 Å². The number of rotatable bonds is 2. The topological polar surface area (TPSA) is 68.2 Å². The molecule has 2 bridgehead atoms. The van der Waals surface area contributed by atoms with Crippen LogP contribution in [0.3, 0.4) is 0 Å². The molecule has 6 nitrogen and oxygen atoms in total. The second kappa shape index (κ2) is 4.77. The largest absolute Gasteiger partial charge is 0.497 e. The minimum absolute atomic E-state index is 0.0549. The fourth-order valence-corrected chi connectivity index (χ4v) is 5.54. The summed E-state index contributed by atoms with van der Waals surface area (Å²) < 4.78 is 17.4. The molecule has 0 radical (unpaired) electrons. The maximum absolute atomic E-state index is 13.3. The fourth-order valence-electron chi connectivity index (χ4n) is 5.54. The van der Waals surface area contributed by atoms with Crippen molar-refractivity contribution in [2.45, 2.75) is 30.1 Å². The lowest BCUT2D eigenvalue weighted by molar-refractivity contribution is -0.0639. The van der Waals surface area contributed by atoms with Gasteiger partial charge in [0.1, 0.15) is 5.76 Å². The Kier molecular flexibility index (Phi) is 2.90. The van der Waals surface area contributed by atoms with Crippen molar-refractivity contribution in [3.63, 3.8) is 0 Å². The van der Waals surface area contributed by atoms with Crippen LogP contribution < -0.4 is 9.47 Å². The number of likely N-dealkylation sites (tertiary alicyclic amines) is 1. The first-order chi connectivity index (χ1) is 12.0. The van der Waals surface area contributed by atoms with Crippen LogP contribution in [0.1, 0.15) is 22.3 Å². The van der Waals surface area contributed by atoms with Gasteiger partial charge in [0.25, 0.3) is 0 Å². The van der Waals surface area contributed by atoms with Gasteiger partial charge in [-0.15, -0.1) is 0 Å². The lowest BCUT2D eigenvalue weighted by atomic mass is 9.52. The predicted molar refractivity (Wildman–Crippen MR) is 89.0 cm³/mol. The minimum atomic E-state index is -0.753. The number of aliphatic hydroxyl groups is 1. The maximum atomic E-state index is 13.3. The number of aliphatic hydroxyl groups excluding tert-OH is 1. The number of ketones is 1. The SMILES string of the molecule is COC1=CC(O)C2[C@H]3C(=O)c4ccc(OC)c5c4[C@@]2(CCN3C)[C@H]1O5. The van der Waals surface area contributed by atoms with Crippen molar-refractivity contribution in [1.82, 2.24) is 4.90 Å². The van der Waals surface area contributed by atoms with Crippen LogP contribution >= 0.6 is 0 Å². The molecule has 1 fully saturated rings. The van der Waals surface area contributed by atoms with E-state index >= 15 is 0 Å². The maximum Gasteiger partial charge on any atom is 0.180 e. The van der Waals surface area contributed by atoms with Crippen LogP contribution in [0.2, 0.25) is 0 Å². The minimum Gasteiger partial charge on any atom is -0.497 e. The number of nitrogens with zero attached hydrogens (tertiary/aromatic N) is 1. The molecule has 1 aromatic rings. The van der Waals surface area contributed by atoms with E-state index in [0.717, 1.165) is 18.5 Å². The molecule has 4 aliphatic rings. The van der Waals surface area contributed by atoms with Crippen LogP contribution in [0.5, 0.6) is 11.5 Å². The highest BCUT2D eigenvalue weighted by Gasteiger charge is 2.68. The van der Waals surface area contributed by atoms with E-state index in [0.29, 0.717) is 22.8 Å². The van der Waals surface area contributed by atoms with E-state index in [1.165, 1.54) is 0 Å². The van der Waals surface area contributed by atoms with Gasteiger partial charge in [-0.25, -0.2) is 0 Å². The van der Waals surface area contributed by atoms with Gasteiger partial charge in [0.2, 0.25) is 0 Å². The molecular weight excluding hydrogens is 322 g/mol. The number of hydrogen-bond acceptors (Lipinski definition) is 6. The van der Waals surface area contributed by atoms with E-state index in [1.54, 1.807) is 26.4 Å². The summed E-state index contributed by atoms with van der Waals surface area (Å²) in [6.45, 7) is 0.770. The Morgan fingerprint density at radius 3 is 2.84 bits per heavy atom. The van der Waals surface area contributed by atoms with Crippen molar-refractivity contribution in [3.8, 4) is 11.5 Å². The summed E-state index contributed by atoms with van der Waals surface area (Å²) in [5.74, 6) is 1.69. The van der Waals surface area contributed by atoms with Crippen LogP contribution in [-0.4, -0.2) is 61.9 Å². The molecule has 2 aliphatic heterocycles. The van der Waals surface area contributed by atoms with Crippen LogP contribution in [0.4, 0.5) is 0 Å². The summed E-state index contributed by atoms with van der Waals surface area (Å²) in [6.07, 6.45) is 1.42. The molecule has 2 unspecified atom stereocenters. The molecule has 1 N–H and O–H groups in total. The van der Waals surface area contributed by atoms with Gasteiger partial charge in [-0.3, -0.25) is 9.69 Å². The standard InChI is InChI=1S/C19H21NO5/c1-20-7-6-19-13-9-4-5-11(23-2)17(13)25-18(19)12(24-3)8-10(21)14(19)15(20)16(9)22/h4-5,8,10,14-15,18,21H,6-7H2,1-3H3/t10?,14?,15-,18-,19+/m0/s1. The van der Waals surface area contributed by atoms with E-state index < -0.39 is 11.5 Å². The highest BCUT2D eigenvalue weighted by molar-refractivity contribution is 6.05. The molecule has 1 saturated heterocycles. The summed E-state index contributed by atoms with van der Waals surface area (Å²) >= 11 is 0. The van der Waals surface area contributed by atoms with Crippen LogP contribution in [0.15, 0.2) is 24.0 Å². The Morgan fingerprint density at radius 1 is 1.32 bits per heavy atom. The molecule has 2 aliphatic carbocycles. The number of carbonyl (C=O) groups is 1. The fraction of sp³-hybridized carbons (Fsp3) is 0.526. The molecule has 0 saturated carbocycles. The summed E-state index contributed by atoms with van der Waals surface area (Å²) in [7, 11) is 5.15. The number of carbonyl (C=O) groups excluding carboxylic acids is 1. The molecule has 0 amide bonds. The number of ether oxygens (including phenoxy) is 3. The number of likely N-dealkylation sites (N-methyl/N-ethyl adjacent to an activating group) is 1. The van der Waals surface area contributed by atoms with E-state index in [2.05, 4.69) is 4.90 Å². The molecule has 6 heteroatoms. The molecule has 1 spiro atoms. The first-order valence-corrected chi connectivity index (χ1v) is 8.61. The van der Waals surface area contributed by atoms with Crippen molar-refractivity contribution in [3.05, 3.63) is 35.1 Å². The highest BCUT2D eigenvalue weighted by Crippen LogP contribution is 2.63. The zero-order valence-corrected chi connectivity index (χ0v) is 14.5. The van der Waals surface area contributed by atoms with E-state index in [1.807, 2.05) is 13.1 Å². The van der Waals surface area contributed by atoms with Gasteiger partial charge in [0.05, 0.1) is 31.8 Å². The first kappa shape index (κ1) is 15.2. The zero-order valence-electron chi connectivity index (χ0n) is 14.5. The van der Waals surface area contributed by atoms with Crippen molar-refractivity contribution < 1.29 is 24.1 Å². The summed E-state index contributed by atoms with van der Waals surface area (Å²) in [6, 6.07) is 3.28. The molecule has 1 aromatic carbocycles. The Bertz CT molecular complexity index is 818. The van der Waals surface area contributed by atoms with Crippen LogP contribution in [0, 0.1) is 5.92 Å². The van der Waals surface area contributed by atoms with Gasteiger partial charge in [-0.05, 0) is 38.2 Å². The third-order valence-electron chi connectivity index (χ3n) is 6.53. The second-order valence-electron chi connectivity index (χ2n) is 7.39. The first-order valence-electron chi connectivity index (χ1n) is 8.61. The lowest BCUT2D eigenvalue weighted by Gasteiger charge is -2.56. The number of methoxy groups -OCH3 is 2. The van der Waals surface area contributed by atoms with Gasteiger partial charge < -0.3 is 19.3 Å². The number of piperidine rings is 1. The third kappa shape index (κ3) is 1.56. The average Bonchev–Trinajstić information content (AvgIpc) is 2.96. The quantitative estimate of drug-likeness (QED) is 0.868. The van der Waals surface area contributed by atoms with Crippen molar-refractivity contribution in [2.24, 2.45) is 5.92 Å². The Hall–Kier alpha value is -2.05. The summed E-state index contributed by atoms with van der Waals surface area (Å²) in [5, 5.41) is 10.9. The molecule has 0 aromatic heterocycles. The van der Waals surface area contributed by atoms with Gasteiger partial charge in [-0.2, -0.15) is 0 Å². The predicted octanol–water partition coefficient (Wildman–Crippen LogP) is 1.12. The Labute approximate surface area is 146 Å². The average molecular weight is 343 g/mol. The summed E-state index contributed by atoms with van der Waals surface area (Å²) in [5.41, 5.74) is 1.14. The normalized spacial score (nSPS) is 37.9. The second-order valence-corrected chi connectivity index (χ2v) is 7.39. The highest BCUT2D eigenvalue weighted by atomic mass is 16.6. The molecule has 132 valence electrons. The molecule has 25 heavy (non-hydrogen) atoms. The molecule has 2 heterocycles. The monoisotopic (exact) mass is 343 g/mol. The Balaban J connectivity index is 1.87. The molecule has 5 atom stereocenters. The van der Waals surface area contributed by atoms with Crippen LogP contribution in [-0.2, 0) is 10.2 Å². The number of hydrogen-bond donors (Lipinski definition) is 1. The molecular formula is C19H21NO5.